The lowest BCUT2D eigenvalue weighted by atomic mass is 9.98. The summed E-state index contributed by atoms with van der Waals surface area (Å²) in [6.07, 6.45) is 21.2. The highest BCUT2D eigenvalue weighted by molar-refractivity contribution is 7.18. The number of halogens is 2. The van der Waals surface area contributed by atoms with Crippen LogP contribution in [0.2, 0.25) is 0 Å². The molecule has 0 unspecified atom stereocenters. The van der Waals surface area contributed by atoms with Gasteiger partial charge in [-0.15, -0.1) is 45.3 Å². The van der Waals surface area contributed by atoms with Crippen molar-refractivity contribution in [3.05, 3.63) is 114 Å². The average molecular weight is 1980 g/mol. The average Bonchev–Trinajstić information content (AvgIpc) is 1.61. The van der Waals surface area contributed by atoms with Gasteiger partial charge in [0, 0.05) is 146 Å². The van der Waals surface area contributed by atoms with Crippen molar-refractivity contribution in [1.29, 1.82) is 0 Å². The van der Waals surface area contributed by atoms with Crippen molar-refractivity contribution in [2.45, 2.75) is 343 Å². The SMILES string of the molecule is CC[C@@H](C)Nc1cc(C)c(-c2sc(C(=O)NCC(C)(C)O)nc2C(=O)N2C3CCC2CC3)cn1.Cc1cc(NC(C)(C)C)ncc1-c1sc(C(=O)NCC(C)(C)O)nc1C(=O)N1CC(F)(F)C[C@@H]1C.Cc1cc(NC(C)(C)C2CC2)ncc1-c1sc(C(=O)NCC(C)(C)O)nc1C(=O)N1CCCC[C@@H]1C.Cc1cc(NC(C)C)ncc1-c1sc(C(=O)NCC(C)(C)O)nc1C(=O)N1C2CCC1CC2. The molecular weight excluding hydrogens is 1840 g/mol. The Morgan fingerprint density at radius 2 is 0.739 bits per heavy atom. The number of aliphatic hydroxyl groups is 4. The third kappa shape index (κ3) is 27.3. The lowest BCUT2D eigenvalue weighted by Gasteiger charge is -2.33. The van der Waals surface area contributed by atoms with Crippen molar-refractivity contribution in [3.63, 3.8) is 0 Å². The van der Waals surface area contributed by atoms with Gasteiger partial charge >= 0.3 is 0 Å². The quantitative estimate of drug-likeness (QED) is 0.0207. The number of nitrogens with one attached hydrogen (secondary N) is 8. The summed E-state index contributed by atoms with van der Waals surface area (Å²) in [6, 6.07) is 8.83. The summed E-state index contributed by atoms with van der Waals surface area (Å²) in [5.74, 6) is -2.06. The van der Waals surface area contributed by atoms with Gasteiger partial charge in [0.1, 0.15) is 46.0 Å². The molecule has 0 radical (unpaired) electrons. The Labute approximate surface area is 824 Å². The summed E-state index contributed by atoms with van der Waals surface area (Å²) in [6.45, 7) is 43.3. The van der Waals surface area contributed by atoms with Gasteiger partial charge < -0.3 is 82.6 Å². The second kappa shape index (κ2) is 43.1. The molecule has 32 nitrogen and oxygen atoms in total. The Balaban J connectivity index is 0.000000165. The number of amides is 8. The van der Waals surface area contributed by atoms with Crippen molar-refractivity contribution in [2.24, 2.45) is 5.92 Å². The number of carbonyl (C=O) groups excluding carboxylic acids is 8. The predicted octanol–water partition coefficient (Wildman–Crippen LogP) is 16.3. The Hall–Kier alpha value is -10.2. The van der Waals surface area contributed by atoms with Gasteiger partial charge in [-0.05, 0) is 295 Å². The summed E-state index contributed by atoms with van der Waals surface area (Å²) in [5, 5.41) is 64.8. The van der Waals surface area contributed by atoms with Crippen LogP contribution in [0.1, 0.15) is 331 Å². The molecule has 15 rings (SSSR count). The van der Waals surface area contributed by atoms with Crippen LogP contribution in [0.5, 0.6) is 0 Å². The highest BCUT2D eigenvalue weighted by Crippen LogP contribution is 2.47. The largest absolute Gasteiger partial charge is 0.389 e. The van der Waals surface area contributed by atoms with Gasteiger partial charge in [0.25, 0.3) is 53.2 Å². The summed E-state index contributed by atoms with van der Waals surface area (Å²) in [5.41, 5.74) is 3.06. The minimum Gasteiger partial charge on any atom is -0.389 e. The fourth-order valence-electron chi connectivity index (χ4n) is 17.9. The standard InChI is InChI=1S/C27H39N5O3S.C25H35N5O3S.C24H33F2N5O3S.C24H33N5O3S/c1-16-13-20(31-27(5,6)18-10-11-18)28-14-19(16)22-21(25(34)32-12-8-7-9-17(32)2)30-24(36-22)23(33)29-15-26(3,4)35;1-6-15(3)28-19-11-14(2)18(12-26-19)21-20(24(32)30-16-7-8-17(30)10-9-16)29-23(34-21)22(31)27-13-25(4,5)33;1-13-8-16(30-22(3,4)5)27-10-15(13)18-17(21(33)31-12-24(25,26)9-14(31)2)29-20(35-18)19(32)28-11-23(6,7)34;1-13(2)27-18-10-14(3)17(11-25-18)20-19(23(31)29-15-6-7-16(29)9-8-15)28-22(33-20)21(30)26-12-24(4,5)32/h13-14,17-18,35H,7-12,15H2,1-6H3,(H,28,31)(H,29,33);11-12,15-17,33H,6-10,13H2,1-5H3,(H,26,28)(H,27,31);8,10,14,34H,9,11-12H2,1-7H3,(H,27,30)(H,28,32);10-11,13,15-16,32H,6-9,12H2,1-5H3,(H,25,27)(H,26,30)/t17-;15-,16?,17?;14-;/m010./s1. The first-order chi connectivity index (χ1) is 64.4. The molecule has 0 spiro atoms. The topological polar surface area (TPSA) is 430 Å². The molecule has 1 saturated carbocycles. The molecule has 1 aliphatic carbocycles. The van der Waals surface area contributed by atoms with E-state index in [1.807, 2.05) is 101 Å². The normalized spacial score (nSPS) is 19.3. The number of anilines is 4. The van der Waals surface area contributed by atoms with Crippen LogP contribution < -0.4 is 42.5 Å². The number of alkyl halides is 2. The molecule has 12 N–H and O–H groups in total. The lowest BCUT2D eigenvalue weighted by Crippen LogP contribution is -2.42. The zero-order chi connectivity index (χ0) is 101. The number of piperidine rings is 1. The van der Waals surface area contributed by atoms with E-state index in [9.17, 15) is 67.6 Å². The molecule has 3 atom stereocenters. The summed E-state index contributed by atoms with van der Waals surface area (Å²) in [7, 11) is 0. The number of aromatic nitrogens is 8. The fraction of sp³-hybridized carbons (Fsp3) is 0.600. The number of fused-ring (bicyclic) bond motifs is 4. The predicted molar refractivity (Wildman–Crippen MR) is 540 cm³/mol. The van der Waals surface area contributed by atoms with Gasteiger partial charge in [-0.1, -0.05) is 6.92 Å². The van der Waals surface area contributed by atoms with Crippen molar-refractivity contribution in [2.75, 3.05) is 60.5 Å². The number of hydrogen-bond acceptors (Lipinski definition) is 28. The second-order valence-corrected chi connectivity index (χ2v) is 46.6. The molecule has 6 saturated heterocycles. The maximum Gasteiger partial charge on any atom is 0.280 e. The molecule has 38 heteroatoms. The lowest BCUT2D eigenvalue weighted by molar-refractivity contribution is 0.0117. The van der Waals surface area contributed by atoms with Crippen LogP contribution in [0, 0.1) is 33.6 Å². The van der Waals surface area contributed by atoms with Crippen molar-refractivity contribution in [3.8, 4) is 41.8 Å². The first-order valence-electron chi connectivity index (χ1n) is 48.1. The highest BCUT2D eigenvalue weighted by Gasteiger charge is 2.49. The van der Waals surface area contributed by atoms with E-state index in [1.54, 1.807) is 87.1 Å². The molecule has 750 valence electrons. The molecule has 138 heavy (non-hydrogen) atoms. The van der Waals surface area contributed by atoms with Crippen molar-refractivity contribution < 1.29 is 67.6 Å². The minimum atomic E-state index is -2.98. The van der Waals surface area contributed by atoms with Gasteiger partial charge in [0.05, 0.1) is 48.5 Å². The number of nitrogens with zero attached hydrogens (tertiary/aromatic N) is 12. The monoisotopic (exact) mass is 1980 g/mol. The second-order valence-electron chi connectivity index (χ2n) is 42.6. The summed E-state index contributed by atoms with van der Waals surface area (Å²) < 4.78 is 28.0. The van der Waals surface area contributed by atoms with Crippen LogP contribution in [0.25, 0.3) is 41.8 Å². The van der Waals surface area contributed by atoms with E-state index in [1.165, 1.54) is 46.9 Å². The zero-order valence-electron chi connectivity index (χ0n) is 84.0. The van der Waals surface area contributed by atoms with Crippen LogP contribution in [-0.2, 0) is 0 Å². The fourth-order valence-corrected chi connectivity index (χ4v) is 22.1. The van der Waals surface area contributed by atoms with Gasteiger partial charge in [0.2, 0.25) is 0 Å². The van der Waals surface area contributed by atoms with Gasteiger partial charge in [-0.3, -0.25) is 38.4 Å². The number of rotatable bonds is 29. The molecule has 8 aromatic rings. The van der Waals surface area contributed by atoms with Crippen molar-refractivity contribution >= 4 is 116 Å². The van der Waals surface area contributed by atoms with E-state index in [0.717, 1.165) is 150 Å². The van der Waals surface area contributed by atoms with Crippen molar-refractivity contribution in [1.82, 2.24) is 80.7 Å². The smallest absolute Gasteiger partial charge is 0.280 e. The number of likely N-dealkylation sites (tertiary alicyclic amines) is 2. The van der Waals surface area contributed by atoms with Gasteiger partial charge in [0.15, 0.2) is 20.0 Å². The Bertz CT molecular complexity index is 5740. The molecule has 8 aromatic heterocycles. The van der Waals surface area contributed by atoms with E-state index < -0.39 is 76.9 Å². The Kier molecular flexibility index (Phi) is 33.3. The summed E-state index contributed by atoms with van der Waals surface area (Å²) in [4.78, 5) is 151. The first-order valence-corrected chi connectivity index (χ1v) is 51.4. The Morgan fingerprint density at radius 1 is 0.428 bits per heavy atom. The molecule has 0 aromatic carbocycles. The maximum atomic E-state index is 14.0. The third-order valence-electron chi connectivity index (χ3n) is 25.5. The minimum absolute atomic E-state index is 0.00232. The molecule has 14 heterocycles. The van der Waals surface area contributed by atoms with E-state index in [4.69, 9.17) is 0 Å². The Morgan fingerprint density at radius 3 is 1.03 bits per heavy atom. The highest BCUT2D eigenvalue weighted by atomic mass is 32.1. The van der Waals surface area contributed by atoms with Gasteiger partial charge in [-0.25, -0.2) is 48.7 Å². The number of carbonyl (C=O) groups is 8. The number of thiazole rings is 4. The molecule has 7 aliphatic rings. The maximum absolute atomic E-state index is 14.0. The third-order valence-corrected chi connectivity index (χ3v) is 29.8. The number of aryl methyl sites for hydroxylation is 4. The van der Waals surface area contributed by atoms with E-state index in [-0.39, 0.29) is 117 Å². The van der Waals surface area contributed by atoms with Gasteiger partial charge in [-0.2, -0.15) is 0 Å². The van der Waals surface area contributed by atoms with Crippen LogP contribution in [0.15, 0.2) is 49.1 Å². The van der Waals surface area contributed by atoms with Crippen LogP contribution in [-0.4, -0.2) is 254 Å². The van der Waals surface area contributed by atoms with E-state index in [0.29, 0.717) is 66.5 Å². The molecule has 4 bridgehead atoms. The molecule has 8 amide bonds. The van der Waals surface area contributed by atoms with Crippen LogP contribution >= 0.6 is 45.3 Å². The molecule has 7 fully saturated rings. The number of pyridine rings is 4. The number of hydrogen-bond donors (Lipinski definition) is 12. The van der Waals surface area contributed by atoms with Crippen LogP contribution in [0.3, 0.4) is 0 Å². The first kappa shape index (κ1) is 107. The summed E-state index contributed by atoms with van der Waals surface area (Å²) >= 11 is 4.60. The van der Waals surface area contributed by atoms with E-state index in [2.05, 4.69) is 117 Å². The van der Waals surface area contributed by atoms with E-state index >= 15 is 0 Å². The zero-order valence-corrected chi connectivity index (χ0v) is 87.2. The molecule has 6 aliphatic heterocycles. The van der Waals surface area contributed by atoms with Crippen LogP contribution in [0.4, 0.5) is 32.1 Å². The molecular formula is C100H140F2N20O12S4.